The van der Waals surface area contributed by atoms with Crippen LogP contribution in [0.3, 0.4) is 0 Å². The molecule has 0 aliphatic heterocycles. The lowest BCUT2D eigenvalue weighted by Crippen LogP contribution is -2.04. The summed E-state index contributed by atoms with van der Waals surface area (Å²) in [6, 6.07) is 19.2. The van der Waals surface area contributed by atoms with Crippen LogP contribution in [0.5, 0.6) is 11.5 Å². The Hall–Kier alpha value is -6.10. The zero-order valence-corrected chi connectivity index (χ0v) is 30.9. The Labute approximate surface area is 305 Å². The number of aromatic nitrogens is 8. The van der Waals surface area contributed by atoms with Crippen molar-refractivity contribution < 1.29 is 17.9 Å². The minimum atomic E-state index is -3.55. The predicted molar refractivity (Wildman–Crippen MR) is 196 cm³/mol. The second-order valence-electron chi connectivity index (χ2n) is 11.4. The molecular formula is C36H34N10O4S2. The fraction of sp³-hybridized carbons (Fsp3) is 0.222. The number of nitriles is 2. The third-order valence-electron chi connectivity index (χ3n) is 7.44. The van der Waals surface area contributed by atoms with Crippen LogP contribution in [-0.2, 0) is 22.9 Å². The standard InChI is InChI=1S/C18H17N5O3S.C18H17N5OS/c1-12-8-13(10-14(9-12)26-2)17-15(11-23(22-17)7-5-19)16-4-6-20-18(21-16)27(3,24)25;1-12-8-13(10-14(9-12)24-2)17-15(11-23(22-17)7-5-19)16-4-6-20-18(21-16)25-3/h4,6,8-11H,7H2,1-3H3;4,6,8-11H,7H2,1-3H3. The lowest BCUT2D eigenvalue weighted by Gasteiger charge is -2.07. The second kappa shape index (κ2) is 16.3. The van der Waals surface area contributed by atoms with Gasteiger partial charge in [0.1, 0.15) is 36.0 Å². The molecule has 0 atom stereocenters. The number of hydrogen-bond donors (Lipinski definition) is 0. The number of sulfone groups is 1. The van der Waals surface area contributed by atoms with Gasteiger partial charge in [0.15, 0.2) is 5.16 Å². The van der Waals surface area contributed by atoms with Gasteiger partial charge < -0.3 is 9.47 Å². The molecule has 52 heavy (non-hydrogen) atoms. The Morgan fingerprint density at radius 3 is 1.67 bits per heavy atom. The average molecular weight is 735 g/mol. The Bertz CT molecular complexity index is 2430. The van der Waals surface area contributed by atoms with E-state index in [1.54, 1.807) is 37.4 Å². The van der Waals surface area contributed by atoms with E-state index < -0.39 is 9.84 Å². The molecule has 6 aromatic rings. The van der Waals surface area contributed by atoms with Crippen molar-refractivity contribution >= 4 is 21.6 Å². The number of nitrogens with zero attached hydrogens (tertiary/aromatic N) is 10. The van der Waals surface area contributed by atoms with Gasteiger partial charge in [-0.05, 0) is 79.8 Å². The molecule has 0 aliphatic carbocycles. The van der Waals surface area contributed by atoms with Crippen LogP contribution < -0.4 is 9.47 Å². The molecule has 0 amide bonds. The molecule has 0 fully saturated rings. The van der Waals surface area contributed by atoms with Crippen LogP contribution >= 0.6 is 11.8 Å². The maximum absolute atomic E-state index is 11.8. The summed E-state index contributed by atoms with van der Waals surface area (Å²) < 4.78 is 37.4. The molecular weight excluding hydrogens is 701 g/mol. The number of aryl methyl sites for hydroxylation is 2. The zero-order valence-electron chi connectivity index (χ0n) is 29.3. The summed E-state index contributed by atoms with van der Waals surface area (Å²) in [7, 11) is -0.332. The molecule has 4 heterocycles. The van der Waals surface area contributed by atoms with Gasteiger partial charge in [-0.3, -0.25) is 9.36 Å². The highest BCUT2D eigenvalue weighted by atomic mass is 32.2. The lowest BCUT2D eigenvalue weighted by molar-refractivity contribution is 0.414. The van der Waals surface area contributed by atoms with E-state index in [0.29, 0.717) is 27.9 Å². The highest BCUT2D eigenvalue weighted by Gasteiger charge is 2.19. The third kappa shape index (κ3) is 8.79. The summed E-state index contributed by atoms with van der Waals surface area (Å²) in [6.45, 7) is 4.18. The third-order valence-corrected chi connectivity index (χ3v) is 8.86. The summed E-state index contributed by atoms with van der Waals surface area (Å²) in [5.41, 5.74) is 7.74. The van der Waals surface area contributed by atoms with E-state index in [9.17, 15) is 8.42 Å². The first-order chi connectivity index (χ1) is 25.0. The normalized spacial score (nSPS) is 10.8. The molecule has 16 heteroatoms. The van der Waals surface area contributed by atoms with Crippen LogP contribution in [0.25, 0.3) is 45.0 Å². The first kappa shape index (κ1) is 37.2. The van der Waals surface area contributed by atoms with Crippen molar-refractivity contribution in [2.75, 3.05) is 26.7 Å². The molecule has 0 unspecified atom stereocenters. The summed E-state index contributed by atoms with van der Waals surface area (Å²) in [4.78, 5) is 16.8. The summed E-state index contributed by atoms with van der Waals surface area (Å²) >= 11 is 1.48. The SMILES string of the molecule is COc1cc(C)cc(-c2nn(CC#N)cc2-c2ccnc(S(C)(=O)=O)n2)c1.COc1cc(C)cc(-c2nn(CC#N)cc2-c2ccnc(SC)n2)c1. The molecule has 264 valence electrons. The number of methoxy groups -OCH3 is 2. The summed E-state index contributed by atoms with van der Waals surface area (Å²) in [6.07, 6.45) is 9.63. The quantitative estimate of drug-likeness (QED) is 0.121. The van der Waals surface area contributed by atoms with Crippen molar-refractivity contribution in [1.82, 2.24) is 39.5 Å². The van der Waals surface area contributed by atoms with Crippen molar-refractivity contribution in [2.24, 2.45) is 0 Å². The number of rotatable bonds is 10. The molecule has 0 aliphatic rings. The molecule has 0 saturated heterocycles. The second-order valence-corrected chi connectivity index (χ2v) is 14.1. The van der Waals surface area contributed by atoms with Crippen LogP contribution in [0.2, 0.25) is 0 Å². The van der Waals surface area contributed by atoms with Crippen molar-refractivity contribution in [3.63, 3.8) is 0 Å². The van der Waals surface area contributed by atoms with Gasteiger partial charge in [-0.1, -0.05) is 11.8 Å². The van der Waals surface area contributed by atoms with E-state index >= 15 is 0 Å². The van der Waals surface area contributed by atoms with Crippen LogP contribution in [0.4, 0.5) is 0 Å². The predicted octanol–water partition coefficient (Wildman–Crippen LogP) is 5.82. The monoisotopic (exact) mass is 734 g/mol. The molecule has 2 aromatic carbocycles. The fourth-order valence-electron chi connectivity index (χ4n) is 5.21. The van der Waals surface area contributed by atoms with Gasteiger partial charge in [-0.15, -0.1) is 0 Å². The van der Waals surface area contributed by atoms with Crippen molar-refractivity contribution in [3.05, 3.63) is 84.4 Å². The van der Waals surface area contributed by atoms with Crippen LogP contribution in [0.15, 0.2) is 83.6 Å². The first-order valence-electron chi connectivity index (χ1n) is 15.6. The average Bonchev–Trinajstić information content (AvgIpc) is 3.76. The van der Waals surface area contributed by atoms with Crippen molar-refractivity contribution in [1.29, 1.82) is 10.5 Å². The first-order valence-corrected chi connectivity index (χ1v) is 18.7. The molecule has 6 rings (SSSR count). The number of hydrogen-bond acceptors (Lipinski definition) is 13. The van der Waals surface area contributed by atoms with Gasteiger partial charge in [-0.25, -0.2) is 28.4 Å². The molecule has 4 aromatic heterocycles. The fourth-order valence-corrected chi connectivity index (χ4v) is 6.09. The summed E-state index contributed by atoms with van der Waals surface area (Å²) in [5, 5.41) is 27.5. The largest absolute Gasteiger partial charge is 0.497 e. The van der Waals surface area contributed by atoms with E-state index in [2.05, 4.69) is 36.2 Å². The van der Waals surface area contributed by atoms with Crippen molar-refractivity contribution in [2.45, 2.75) is 37.2 Å². The van der Waals surface area contributed by atoms with Gasteiger partial charge in [0.05, 0.1) is 37.7 Å². The van der Waals surface area contributed by atoms with E-state index in [4.69, 9.17) is 20.0 Å². The van der Waals surface area contributed by atoms with Gasteiger partial charge >= 0.3 is 0 Å². The van der Waals surface area contributed by atoms with E-state index in [1.807, 2.05) is 74.8 Å². The molecule has 0 saturated carbocycles. The Kier molecular flexibility index (Phi) is 11.6. The molecule has 0 radical (unpaired) electrons. The van der Waals surface area contributed by atoms with E-state index in [-0.39, 0.29) is 18.2 Å². The number of ether oxygens (including phenoxy) is 2. The number of thioether (sulfide) groups is 1. The van der Waals surface area contributed by atoms with Gasteiger partial charge in [0.25, 0.3) is 0 Å². The topological polar surface area (TPSA) is 187 Å². The molecule has 0 spiro atoms. The number of benzene rings is 2. The van der Waals surface area contributed by atoms with Gasteiger partial charge in [0.2, 0.25) is 15.0 Å². The van der Waals surface area contributed by atoms with Crippen LogP contribution in [-0.4, -0.2) is 74.6 Å². The molecule has 0 bridgehead atoms. The highest BCUT2D eigenvalue weighted by Crippen LogP contribution is 2.34. The zero-order chi connectivity index (χ0) is 37.4. The minimum absolute atomic E-state index is 0.0555. The smallest absolute Gasteiger partial charge is 0.247 e. The lowest BCUT2D eigenvalue weighted by atomic mass is 10.0. The van der Waals surface area contributed by atoms with E-state index in [1.165, 1.54) is 22.6 Å². The summed E-state index contributed by atoms with van der Waals surface area (Å²) in [5.74, 6) is 1.44. The van der Waals surface area contributed by atoms with Gasteiger partial charge in [-0.2, -0.15) is 20.7 Å². The minimum Gasteiger partial charge on any atom is -0.497 e. The Balaban J connectivity index is 0.000000202. The molecule has 0 N–H and O–H groups in total. The Morgan fingerprint density at radius 1 is 0.750 bits per heavy atom. The maximum atomic E-state index is 11.8. The van der Waals surface area contributed by atoms with Crippen LogP contribution in [0.1, 0.15) is 11.1 Å². The molecule has 14 nitrogen and oxygen atoms in total. The van der Waals surface area contributed by atoms with Crippen LogP contribution in [0, 0.1) is 36.5 Å². The van der Waals surface area contributed by atoms with Gasteiger partial charge in [0, 0.05) is 53.3 Å². The van der Waals surface area contributed by atoms with E-state index in [0.717, 1.165) is 51.2 Å². The maximum Gasteiger partial charge on any atom is 0.247 e. The highest BCUT2D eigenvalue weighted by molar-refractivity contribution is 7.98. The van der Waals surface area contributed by atoms with Crippen molar-refractivity contribution in [3.8, 4) is 68.7 Å². The Morgan fingerprint density at radius 2 is 1.23 bits per heavy atom.